The van der Waals surface area contributed by atoms with Crippen molar-refractivity contribution in [3.8, 4) is 5.75 Å². The normalized spacial score (nSPS) is 16.5. The molecule has 152 valence electrons. The van der Waals surface area contributed by atoms with Gasteiger partial charge >= 0.3 is 0 Å². The molecule has 0 amide bonds. The number of sulfonamides is 1. The molecule has 0 spiro atoms. The van der Waals surface area contributed by atoms with E-state index in [2.05, 4.69) is 46.8 Å². The maximum Gasteiger partial charge on any atom is 0.243 e. The summed E-state index contributed by atoms with van der Waals surface area (Å²) < 4.78 is 33.5. The number of ether oxygens (including phenoxy) is 1. The lowest BCUT2D eigenvalue weighted by Crippen LogP contribution is -2.33. The molecule has 2 aromatic rings. The number of hydrogen-bond acceptors (Lipinski definition) is 3. The van der Waals surface area contributed by atoms with E-state index < -0.39 is 10.0 Å². The average molecular weight is 402 g/mol. The third kappa shape index (κ3) is 4.41. The molecule has 28 heavy (non-hydrogen) atoms. The molecule has 3 rings (SSSR count). The lowest BCUT2D eigenvalue weighted by Gasteiger charge is -2.32. The zero-order valence-electron chi connectivity index (χ0n) is 17.7. The Morgan fingerprint density at radius 2 is 1.71 bits per heavy atom. The Morgan fingerprint density at radius 1 is 1.07 bits per heavy atom. The van der Waals surface area contributed by atoms with Crippen LogP contribution in [0.2, 0.25) is 0 Å². The maximum atomic E-state index is 13.1. The van der Waals surface area contributed by atoms with Crippen molar-refractivity contribution in [2.24, 2.45) is 0 Å². The number of fused-ring (bicyclic) bond motifs is 1. The lowest BCUT2D eigenvalue weighted by atomic mass is 9.87. The van der Waals surface area contributed by atoms with Crippen LogP contribution < -0.4 is 4.74 Å². The lowest BCUT2D eigenvalue weighted by molar-refractivity contribution is 0.0845. The van der Waals surface area contributed by atoms with E-state index in [0.717, 1.165) is 29.7 Å². The molecule has 0 saturated carbocycles. The van der Waals surface area contributed by atoms with Crippen LogP contribution in [0.15, 0.2) is 47.4 Å². The van der Waals surface area contributed by atoms with Crippen molar-refractivity contribution in [2.75, 3.05) is 7.05 Å². The monoisotopic (exact) mass is 401 g/mol. The summed E-state index contributed by atoms with van der Waals surface area (Å²) in [4.78, 5) is 0.323. The first-order chi connectivity index (χ1) is 12.9. The molecule has 0 unspecified atom stereocenters. The summed E-state index contributed by atoms with van der Waals surface area (Å²) in [7, 11) is -1.93. The Kier molecular flexibility index (Phi) is 5.36. The highest BCUT2D eigenvalue weighted by Crippen LogP contribution is 2.35. The summed E-state index contributed by atoms with van der Waals surface area (Å²) >= 11 is 0. The third-order valence-electron chi connectivity index (χ3n) is 5.35. The minimum absolute atomic E-state index is 0.0796. The van der Waals surface area contributed by atoms with Gasteiger partial charge < -0.3 is 4.74 Å². The van der Waals surface area contributed by atoms with E-state index in [9.17, 15) is 8.42 Å². The fourth-order valence-corrected chi connectivity index (χ4v) is 4.64. The van der Waals surface area contributed by atoms with Crippen molar-refractivity contribution < 1.29 is 13.2 Å². The average Bonchev–Trinajstić information content (AvgIpc) is 2.60. The van der Waals surface area contributed by atoms with E-state index in [0.29, 0.717) is 11.4 Å². The topological polar surface area (TPSA) is 46.6 Å². The van der Waals surface area contributed by atoms with Crippen molar-refractivity contribution in [3.05, 3.63) is 59.2 Å². The van der Waals surface area contributed by atoms with E-state index in [1.807, 2.05) is 12.1 Å². The summed E-state index contributed by atoms with van der Waals surface area (Å²) in [5.74, 6) is 0.788. The Bertz CT molecular complexity index is 954. The van der Waals surface area contributed by atoms with Gasteiger partial charge in [0.05, 0.1) is 4.90 Å². The second-order valence-corrected chi connectivity index (χ2v) is 11.4. The van der Waals surface area contributed by atoms with Crippen LogP contribution in [0.25, 0.3) is 0 Å². The Balaban J connectivity index is 1.79. The molecule has 0 saturated heterocycles. The zero-order chi connectivity index (χ0) is 20.7. The van der Waals surface area contributed by atoms with Gasteiger partial charge in [0.15, 0.2) is 0 Å². The number of benzene rings is 2. The van der Waals surface area contributed by atoms with Crippen LogP contribution in [0.4, 0.5) is 0 Å². The fraction of sp³-hybridized carbons (Fsp3) is 0.478. The highest BCUT2D eigenvalue weighted by Gasteiger charge is 2.29. The van der Waals surface area contributed by atoms with Gasteiger partial charge in [0.1, 0.15) is 11.4 Å². The van der Waals surface area contributed by atoms with Crippen molar-refractivity contribution in [1.82, 2.24) is 4.31 Å². The van der Waals surface area contributed by atoms with Gasteiger partial charge in [-0.1, -0.05) is 45.0 Å². The minimum atomic E-state index is -3.56. The SMILES string of the molecule is CN(Cc1ccc(C(C)(C)C)cc1)S(=O)(=O)c1ccc2c(c1)CCC(C)(C)O2. The van der Waals surface area contributed by atoms with Crippen LogP contribution in [0.1, 0.15) is 57.7 Å². The van der Waals surface area contributed by atoms with Crippen LogP contribution in [-0.2, 0) is 28.4 Å². The van der Waals surface area contributed by atoms with Crippen molar-refractivity contribution >= 4 is 10.0 Å². The van der Waals surface area contributed by atoms with Gasteiger partial charge in [-0.05, 0) is 67.0 Å². The summed E-state index contributed by atoms with van der Waals surface area (Å²) in [5.41, 5.74) is 3.05. The van der Waals surface area contributed by atoms with Crippen molar-refractivity contribution in [2.45, 2.75) is 69.9 Å². The second-order valence-electron chi connectivity index (χ2n) is 9.34. The van der Waals surface area contributed by atoms with E-state index in [1.54, 1.807) is 25.2 Å². The van der Waals surface area contributed by atoms with E-state index in [-0.39, 0.29) is 11.0 Å². The maximum absolute atomic E-state index is 13.1. The molecular formula is C23H31NO3S. The first-order valence-electron chi connectivity index (χ1n) is 9.76. The summed E-state index contributed by atoms with van der Waals surface area (Å²) in [6.45, 7) is 10.9. The molecule has 1 heterocycles. The van der Waals surface area contributed by atoms with Crippen molar-refractivity contribution in [3.63, 3.8) is 0 Å². The second kappa shape index (κ2) is 7.20. The van der Waals surface area contributed by atoms with Crippen molar-refractivity contribution in [1.29, 1.82) is 0 Å². The molecule has 2 aromatic carbocycles. The highest BCUT2D eigenvalue weighted by atomic mass is 32.2. The quantitative estimate of drug-likeness (QED) is 0.731. The molecule has 4 nitrogen and oxygen atoms in total. The molecule has 0 atom stereocenters. The first kappa shape index (κ1) is 20.9. The smallest absolute Gasteiger partial charge is 0.243 e. The van der Waals surface area contributed by atoms with E-state index >= 15 is 0 Å². The zero-order valence-corrected chi connectivity index (χ0v) is 18.6. The van der Waals surface area contributed by atoms with Crippen LogP contribution in [-0.4, -0.2) is 25.4 Å². The largest absolute Gasteiger partial charge is 0.488 e. The van der Waals surface area contributed by atoms with Gasteiger partial charge in [0.25, 0.3) is 0 Å². The molecule has 5 heteroatoms. The Hall–Kier alpha value is -1.85. The minimum Gasteiger partial charge on any atom is -0.488 e. The van der Waals surface area contributed by atoms with Crippen LogP contribution in [0.3, 0.4) is 0 Å². The first-order valence-corrected chi connectivity index (χ1v) is 11.2. The van der Waals surface area contributed by atoms with Crippen LogP contribution in [0.5, 0.6) is 5.75 Å². The summed E-state index contributed by atoms with van der Waals surface area (Å²) in [6, 6.07) is 13.4. The third-order valence-corrected chi connectivity index (χ3v) is 7.15. The van der Waals surface area contributed by atoms with Gasteiger partial charge in [-0.15, -0.1) is 0 Å². The molecular weight excluding hydrogens is 370 g/mol. The number of rotatable bonds is 4. The van der Waals surface area contributed by atoms with Crippen LogP contribution in [0, 0.1) is 0 Å². The van der Waals surface area contributed by atoms with E-state index in [4.69, 9.17) is 4.74 Å². The Labute approximate surface area is 169 Å². The van der Waals surface area contributed by atoms with Gasteiger partial charge in [0, 0.05) is 13.6 Å². The fourth-order valence-electron chi connectivity index (χ4n) is 3.43. The molecule has 1 aliphatic rings. The van der Waals surface area contributed by atoms with Gasteiger partial charge in [-0.2, -0.15) is 4.31 Å². The van der Waals surface area contributed by atoms with Gasteiger partial charge in [-0.3, -0.25) is 0 Å². The molecule has 1 aliphatic heterocycles. The highest BCUT2D eigenvalue weighted by molar-refractivity contribution is 7.89. The predicted octanol–water partition coefficient (Wildman–Crippen LogP) is 4.91. The summed E-state index contributed by atoms with van der Waals surface area (Å²) in [6.07, 6.45) is 1.70. The number of nitrogens with zero attached hydrogens (tertiary/aromatic N) is 1. The van der Waals surface area contributed by atoms with Gasteiger partial charge in [-0.25, -0.2) is 8.42 Å². The predicted molar refractivity (Wildman–Crippen MR) is 113 cm³/mol. The molecule has 0 aliphatic carbocycles. The van der Waals surface area contributed by atoms with E-state index in [1.165, 1.54) is 9.87 Å². The number of aryl methyl sites for hydroxylation is 1. The molecule has 0 fully saturated rings. The molecule has 0 aromatic heterocycles. The van der Waals surface area contributed by atoms with Crippen LogP contribution >= 0.6 is 0 Å². The molecule has 0 bridgehead atoms. The molecule has 0 N–H and O–H groups in total. The standard InChI is InChI=1S/C23H31NO3S/c1-22(2,3)19-9-7-17(8-10-19)16-24(6)28(25,26)20-11-12-21-18(15-20)13-14-23(4,5)27-21/h7-12,15H,13-14,16H2,1-6H3. The Morgan fingerprint density at radius 3 is 2.32 bits per heavy atom. The van der Waals surface area contributed by atoms with Gasteiger partial charge in [0.2, 0.25) is 10.0 Å². The molecule has 0 radical (unpaired) electrons. The number of hydrogen-bond donors (Lipinski definition) is 0. The summed E-state index contributed by atoms with van der Waals surface area (Å²) in [5, 5.41) is 0.